The minimum Gasteiger partial charge on any atom is -0.438 e. The zero-order valence-electron chi connectivity index (χ0n) is 19.8. The molecule has 9 heteroatoms. The highest BCUT2D eigenvalue weighted by atomic mass is 35.5. The normalized spacial score (nSPS) is 19.9. The smallest absolute Gasteiger partial charge is 0.405 e. The number of imidazole rings is 1. The summed E-state index contributed by atoms with van der Waals surface area (Å²) in [5.41, 5.74) is 14.6. The fraction of sp³-hybridized carbons (Fsp3) is 0.308. The fourth-order valence-electron chi connectivity index (χ4n) is 5.25. The monoisotopic (exact) mass is 490 g/mol. The molecule has 5 rings (SSSR count). The first kappa shape index (κ1) is 23.1. The van der Waals surface area contributed by atoms with Crippen LogP contribution in [-0.2, 0) is 10.3 Å². The first-order chi connectivity index (χ1) is 16.6. The molecule has 4 aromatic rings. The summed E-state index contributed by atoms with van der Waals surface area (Å²) in [7, 11) is 0. The molecule has 0 radical (unpaired) electrons. The van der Waals surface area contributed by atoms with E-state index in [4.69, 9.17) is 32.8 Å². The number of nitrogens with zero attached hydrogens (tertiary/aromatic N) is 4. The molecule has 1 amide bonds. The van der Waals surface area contributed by atoms with Gasteiger partial charge in [0.05, 0.1) is 5.56 Å². The summed E-state index contributed by atoms with van der Waals surface area (Å²) in [6.45, 7) is 6.46. The molecular formula is C26H27ClN6O2. The van der Waals surface area contributed by atoms with Crippen LogP contribution in [0.5, 0.6) is 0 Å². The molecule has 1 fully saturated rings. The van der Waals surface area contributed by atoms with Gasteiger partial charge in [-0.15, -0.1) is 0 Å². The molecule has 0 spiro atoms. The van der Waals surface area contributed by atoms with E-state index in [2.05, 4.69) is 30.7 Å². The summed E-state index contributed by atoms with van der Waals surface area (Å²) in [5.74, 6) is 1.11. The van der Waals surface area contributed by atoms with Crippen LogP contribution in [0.25, 0.3) is 28.2 Å². The van der Waals surface area contributed by atoms with Crippen LogP contribution in [-0.4, -0.2) is 25.6 Å². The van der Waals surface area contributed by atoms with Gasteiger partial charge >= 0.3 is 6.09 Å². The molecule has 3 aromatic heterocycles. The van der Waals surface area contributed by atoms with Crippen LogP contribution in [0.2, 0.25) is 5.15 Å². The topological polar surface area (TPSA) is 122 Å². The Bertz CT molecular complexity index is 1430. The lowest BCUT2D eigenvalue weighted by Crippen LogP contribution is -2.53. The Hall–Kier alpha value is -3.65. The number of ether oxygens (including phenoxy) is 1. The number of halogens is 1. The third-order valence-corrected chi connectivity index (χ3v) is 7.07. The number of carbonyl (C=O) groups is 1. The highest BCUT2D eigenvalue weighted by Crippen LogP contribution is 2.57. The van der Waals surface area contributed by atoms with Gasteiger partial charge in [-0.25, -0.2) is 19.7 Å². The molecule has 2 atom stereocenters. The maximum atomic E-state index is 11.9. The van der Waals surface area contributed by atoms with Crippen molar-refractivity contribution < 1.29 is 9.53 Å². The average Bonchev–Trinajstić information content (AvgIpc) is 3.14. The second kappa shape index (κ2) is 8.23. The SMILES string of the molecule is CC(C)(C)C1CCC1(OC(N)=O)c1ccc(-n2c(-c3cccnc3N)nc3ccc(Cl)nc32)cc1. The molecule has 1 aliphatic carbocycles. The van der Waals surface area contributed by atoms with E-state index in [1.165, 1.54) is 0 Å². The van der Waals surface area contributed by atoms with Gasteiger partial charge in [-0.05, 0) is 60.2 Å². The maximum Gasteiger partial charge on any atom is 0.405 e. The molecule has 1 aromatic carbocycles. The van der Waals surface area contributed by atoms with Crippen LogP contribution >= 0.6 is 11.6 Å². The number of hydrogen-bond acceptors (Lipinski definition) is 6. The van der Waals surface area contributed by atoms with Crippen LogP contribution in [0.3, 0.4) is 0 Å². The second-order valence-corrected chi connectivity index (χ2v) is 10.4. The summed E-state index contributed by atoms with van der Waals surface area (Å²) in [5, 5.41) is 0.359. The van der Waals surface area contributed by atoms with Crippen LogP contribution in [0.4, 0.5) is 10.6 Å². The Kier molecular flexibility index (Phi) is 5.44. The first-order valence-corrected chi connectivity index (χ1v) is 11.8. The van der Waals surface area contributed by atoms with Crippen molar-refractivity contribution in [2.45, 2.75) is 39.2 Å². The lowest BCUT2D eigenvalue weighted by molar-refractivity contribution is -0.144. The van der Waals surface area contributed by atoms with Crippen molar-refractivity contribution >= 4 is 34.7 Å². The van der Waals surface area contributed by atoms with Gasteiger partial charge in [0, 0.05) is 17.8 Å². The van der Waals surface area contributed by atoms with Gasteiger partial charge in [0.2, 0.25) is 0 Å². The van der Waals surface area contributed by atoms with Crippen LogP contribution < -0.4 is 11.5 Å². The zero-order valence-corrected chi connectivity index (χ0v) is 20.6. The Morgan fingerprint density at radius 1 is 1.14 bits per heavy atom. The van der Waals surface area contributed by atoms with E-state index in [1.54, 1.807) is 12.3 Å². The molecule has 180 valence electrons. The molecule has 0 saturated heterocycles. The van der Waals surface area contributed by atoms with E-state index in [0.717, 1.165) is 24.1 Å². The van der Waals surface area contributed by atoms with Crippen molar-refractivity contribution in [3.8, 4) is 17.1 Å². The number of benzene rings is 1. The standard InChI is InChI=1S/C26H27ClN6O2/c1-25(2,3)19-12-13-26(19,35-24(29)34)15-6-8-16(9-7-15)33-22(17-5-4-14-30-21(17)28)31-18-10-11-20(27)32-23(18)33/h4-11,14,19H,12-13H2,1-3H3,(H2,28,30)(H2,29,34). The molecular weight excluding hydrogens is 464 g/mol. The van der Waals surface area contributed by atoms with Crippen molar-refractivity contribution in [3.63, 3.8) is 0 Å². The Morgan fingerprint density at radius 3 is 2.49 bits per heavy atom. The summed E-state index contributed by atoms with van der Waals surface area (Å²) in [4.78, 5) is 25.4. The van der Waals surface area contributed by atoms with Crippen molar-refractivity contribution in [3.05, 3.63) is 65.4 Å². The second-order valence-electron chi connectivity index (χ2n) is 10.00. The van der Waals surface area contributed by atoms with E-state index in [0.29, 0.717) is 33.5 Å². The van der Waals surface area contributed by atoms with Gasteiger partial charge < -0.3 is 16.2 Å². The average molecular weight is 491 g/mol. The van der Waals surface area contributed by atoms with E-state index in [-0.39, 0.29) is 11.3 Å². The number of pyridine rings is 2. The van der Waals surface area contributed by atoms with Crippen molar-refractivity contribution in [1.29, 1.82) is 0 Å². The minimum absolute atomic E-state index is 0.0569. The molecule has 0 aliphatic heterocycles. The number of anilines is 1. The maximum absolute atomic E-state index is 11.9. The van der Waals surface area contributed by atoms with Gasteiger partial charge in [0.25, 0.3) is 0 Å². The minimum atomic E-state index is -0.767. The number of nitrogens with two attached hydrogens (primary N) is 2. The molecule has 1 aliphatic rings. The van der Waals surface area contributed by atoms with E-state index in [9.17, 15) is 4.79 Å². The van der Waals surface area contributed by atoms with Crippen molar-refractivity contribution in [1.82, 2.24) is 19.5 Å². The number of nitrogen functional groups attached to an aromatic ring is 1. The van der Waals surface area contributed by atoms with Crippen LogP contribution in [0.15, 0.2) is 54.7 Å². The van der Waals surface area contributed by atoms with Crippen LogP contribution in [0.1, 0.15) is 39.2 Å². The summed E-state index contributed by atoms with van der Waals surface area (Å²) >= 11 is 6.23. The molecule has 8 nitrogen and oxygen atoms in total. The Balaban J connectivity index is 1.65. The number of amides is 1. The molecule has 1 saturated carbocycles. The predicted molar refractivity (Wildman–Crippen MR) is 136 cm³/mol. The molecule has 2 unspecified atom stereocenters. The predicted octanol–water partition coefficient (Wildman–Crippen LogP) is 5.46. The quantitative estimate of drug-likeness (QED) is 0.366. The van der Waals surface area contributed by atoms with Gasteiger partial charge in [-0.2, -0.15) is 0 Å². The highest BCUT2D eigenvalue weighted by Gasteiger charge is 2.55. The summed E-state index contributed by atoms with van der Waals surface area (Å²) < 4.78 is 7.69. The van der Waals surface area contributed by atoms with Gasteiger partial charge in [0.15, 0.2) is 11.5 Å². The third-order valence-electron chi connectivity index (χ3n) is 6.86. The van der Waals surface area contributed by atoms with Gasteiger partial charge in [-0.3, -0.25) is 4.57 Å². The molecule has 4 N–H and O–H groups in total. The molecule has 3 heterocycles. The lowest BCUT2D eigenvalue weighted by Gasteiger charge is -2.54. The van der Waals surface area contributed by atoms with Gasteiger partial charge in [0.1, 0.15) is 22.1 Å². The van der Waals surface area contributed by atoms with Crippen molar-refractivity contribution in [2.75, 3.05) is 5.73 Å². The number of primary amides is 1. The van der Waals surface area contributed by atoms with E-state index < -0.39 is 11.7 Å². The summed E-state index contributed by atoms with van der Waals surface area (Å²) in [6.07, 6.45) is 2.55. The molecule has 0 bridgehead atoms. The number of aromatic nitrogens is 4. The number of fused-ring (bicyclic) bond motifs is 1. The highest BCUT2D eigenvalue weighted by molar-refractivity contribution is 6.29. The Morgan fingerprint density at radius 2 is 1.89 bits per heavy atom. The summed E-state index contributed by atoms with van der Waals surface area (Å²) in [6, 6.07) is 15.1. The van der Waals surface area contributed by atoms with Crippen molar-refractivity contribution in [2.24, 2.45) is 17.1 Å². The van der Waals surface area contributed by atoms with Gasteiger partial charge in [-0.1, -0.05) is 44.5 Å². The molecule has 35 heavy (non-hydrogen) atoms. The lowest BCUT2D eigenvalue weighted by atomic mass is 9.56. The van der Waals surface area contributed by atoms with E-state index >= 15 is 0 Å². The largest absolute Gasteiger partial charge is 0.438 e. The van der Waals surface area contributed by atoms with Crippen LogP contribution in [0, 0.1) is 11.3 Å². The Labute approximate surface area is 208 Å². The number of hydrogen-bond donors (Lipinski definition) is 2. The number of rotatable bonds is 4. The first-order valence-electron chi connectivity index (χ1n) is 11.5. The zero-order chi connectivity index (χ0) is 25.0. The fourth-order valence-corrected chi connectivity index (χ4v) is 5.39. The number of carbonyl (C=O) groups excluding carboxylic acids is 1. The van der Waals surface area contributed by atoms with E-state index in [1.807, 2.05) is 47.0 Å². The third kappa shape index (κ3) is 3.87.